The van der Waals surface area contributed by atoms with Crippen LogP contribution < -0.4 is 0 Å². The van der Waals surface area contributed by atoms with Crippen molar-refractivity contribution in [1.29, 1.82) is 0 Å². The fraction of sp³-hybridized carbons (Fsp3) is 0.606. The van der Waals surface area contributed by atoms with Gasteiger partial charge in [0.05, 0.1) is 6.61 Å². The lowest BCUT2D eigenvalue weighted by Crippen LogP contribution is -2.28. The smallest absolute Gasteiger partial charge is 0.306 e. The van der Waals surface area contributed by atoms with Crippen molar-refractivity contribution < 1.29 is 24.2 Å². The zero-order valence-electron chi connectivity index (χ0n) is 49.0. The summed E-state index contributed by atoms with van der Waals surface area (Å²) in [5.74, 6) is -0.663. The summed E-state index contributed by atoms with van der Waals surface area (Å²) in [5, 5.41) is 9.66. The molecule has 0 radical (unpaired) electrons. The van der Waals surface area contributed by atoms with Gasteiger partial charge in [0.15, 0.2) is 6.10 Å². The second-order valence-electron chi connectivity index (χ2n) is 20.0. The number of hydrogen-bond donors (Lipinski definition) is 1. The number of aliphatic hydroxyl groups is 1. The second kappa shape index (κ2) is 64.8. The van der Waals surface area contributed by atoms with Gasteiger partial charge in [-0.15, -0.1) is 0 Å². The van der Waals surface area contributed by atoms with E-state index in [0.29, 0.717) is 12.8 Å². The summed E-state index contributed by atoms with van der Waals surface area (Å²) >= 11 is 0. The van der Waals surface area contributed by atoms with Gasteiger partial charge >= 0.3 is 11.9 Å². The molecule has 0 aliphatic heterocycles. The maximum absolute atomic E-state index is 12.3. The monoisotopic (exact) mass is 1050 g/mol. The number of carbonyl (C=O) groups is 2. The van der Waals surface area contributed by atoms with Gasteiger partial charge in [-0.2, -0.15) is 0 Å². The van der Waals surface area contributed by atoms with Gasteiger partial charge in [0.25, 0.3) is 0 Å². The Morgan fingerprint density at radius 1 is 0.303 bits per heavy atom. The van der Waals surface area contributed by atoms with Crippen LogP contribution in [0.5, 0.6) is 0 Å². The second-order valence-corrected chi connectivity index (χ2v) is 20.0. The van der Waals surface area contributed by atoms with Crippen LogP contribution in [-0.2, 0) is 19.1 Å². The Morgan fingerprint density at radius 3 is 0.829 bits per heavy atom. The number of carbonyl (C=O) groups excluding carboxylic acids is 2. The molecule has 76 heavy (non-hydrogen) atoms. The third-order valence-electron chi connectivity index (χ3n) is 12.8. The molecule has 0 spiro atoms. The molecule has 0 aromatic carbocycles. The normalized spacial score (nSPS) is 13.4. The van der Waals surface area contributed by atoms with E-state index < -0.39 is 6.10 Å². The lowest BCUT2D eigenvalue weighted by Gasteiger charge is -2.15. The van der Waals surface area contributed by atoms with Crippen LogP contribution in [0.3, 0.4) is 0 Å². The van der Waals surface area contributed by atoms with E-state index in [4.69, 9.17) is 9.47 Å². The molecule has 0 aliphatic rings. The summed E-state index contributed by atoms with van der Waals surface area (Å²) in [4.78, 5) is 24.5. The van der Waals surface area contributed by atoms with E-state index in [-0.39, 0.29) is 31.6 Å². The van der Waals surface area contributed by atoms with E-state index in [1.807, 2.05) is 0 Å². The number of esters is 2. The zero-order valence-corrected chi connectivity index (χ0v) is 49.0. The van der Waals surface area contributed by atoms with Gasteiger partial charge in [0, 0.05) is 12.8 Å². The van der Waals surface area contributed by atoms with Crippen LogP contribution in [0.15, 0.2) is 158 Å². The van der Waals surface area contributed by atoms with Gasteiger partial charge in [-0.1, -0.05) is 287 Å². The van der Waals surface area contributed by atoms with Gasteiger partial charge in [0.2, 0.25) is 0 Å². The first kappa shape index (κ1) is 71.5. The fourth-order valence-corrected chi connectivity index (χ4v) is 8.25. The maximum atomic E-state index is 12.3. The van der Waals surface area contributed by atoms with Crippen molar-refractivity contribution in [3.8, 4) is 0 Å². The Labute approximate surface area is 469 Å². The van der Waals surface area contributed by atoms with E-state index in [9.17, 15) is 14.7 Å². The van der Waals surface area contributed by atoms with E-state index in [0.717, 1.165) is 109 Å². The molecule has 0 saturated carbocycles. The minimum Gasteiger partial charge on any atom is -0.462 e. The molecule has 0 aromatic rings. The minimum absolute atomic E-state index is 0.0962. The van der Waals surface area contributed by atoms with Crippen LogP contribution in [0, 0.1) is 0 Å². The van der Waals surface area contributed by atoms with E-state index in [2.05, 4.69) is 172 Å². The van der Waals surface area contributed by atoms with Crippen molar-refractivity contribution in [3.63, 3.8) is 0 Å². The summed E-state index contributed by atoms with van der Waals surface area (Å²) in [6.45, 7) is 3.87. The van der Waals surface area contributed by atoms with Crippen molar-refractivity contribution in [1.82, 2.24) is 0 Å². The van der Waals surface area contributed by atoms with Crippen molar-refractivity contribution in [2.75, 3.05) is 13.2 Å². The largest absolute Gasteiger partial charge is 0.462 e. The number of aliphatic hydroxyl groups excluding tert-OH is 1. The molecular weight excluding hydrogens is 933 g/mol. The predicted molar refractivity (Wildman–Crippen MR) is 334 cm³/mol. The number of unbranched alkanes of at least 4 members (excludes halogenated alkanes) is 21. The maximum Gasteiger partial charge on any atom is 0.306 e. The molecule has 0 saturated heterocycles. The summed E-state index contributed by atoms with van der Waals surface area (Å²) < 4.78 is 10.7. The van der Waals surface area contributed by atoms with Crippen LogP contribution in [0.2, 0.25) is 0 Å². The highest BCUT2D eigenvalue weighted by molar-refractivity contribution is 5.70. The van der Waals surface area contributed by atoms with Crippen LogP contribution in [0.25, 0.3) is 0 Å². The molecule has 5 heteroatoms. The highest BCUT2D eigenvalue weighted by Crippen LogP contribution is 2.16. The lowest BCUT2D eigenvalue weighted by atomic mass is 10.0. The number of allylic oxidation sites excluding steroid dienone is 26. The Kier molecular flexibility index (Phi) is 61.0. The molecule has 0 heterocycles. The third-order valence-corrected chi connectivity index (χ3v) is 12.8. The predicted octanol–water partition coefficient (Wildman–Crippen LogP) is 21.5. The van der Waals surface area contributed by atoms with E-state index in [1.54, 1.807) is 0 Å². The lowest BCUT2D eigenvalue weighted by molar-refractivity contribution is -0.161. The number of hydrogen-bond acceptors (Lipinski definition) is 5. The minimum atomic E-state index is -0.813. The third kappa shape index (κ3) is 62.1. The standard InChI is InChI=1S/C71H114O5/c1-3-5-7-9-11-13-15-17-19-21-23-25-27-28-29-30-31-32-33-34-35-36-37-38-39-40-41-42-44-45-47-49-51-53-55-57-59-61-63-65-70(73)75-68-69(67-72)76-71(74)66-64-62-60-58-56-54-52-50-48-46-43-26-24-22-20-18-16-14-12-10-8-6-4-2/h5-8,11-14,17-20,23-26,28-29,31-32,46,48,52,54,58,60,69,72H,3-4,9-10,15-16,21-22,27,30,33-45,47,49-51,53,55-57,59,61-68H2,1-2H3/b7-5-,8-6-,13-11-,14-12-,19-17-,20-18-,25-23-,26-24-,29-28-,32-31-,48-46-,54-52-,60-58-. The molecule has 0 fully saturated rings. The van der Waals surface area contributed by atoms with Crippen LogP contribution in [-0.4, -0.2) is 36.4 Å². The molecule has 428 valence electrons. The Morgan fingerprint density at radius 2 is 0.539 bits per heavy atom. The molecule has 0 aromatic heterocycles. The Balaban J connectivity index is 3.54. The van der Waals surface area contributed by atoms with E-state index >= 15 is 0 Å². The van der Waals surface area contributed by atoms with Gasteiger partial charge in [0.1, 0.15) is 6.61 Å². The molecule has 1 atom stereocenters. The van der Waals surface area contributed by atoms with Crippen LogP contribution in [0.4, 0.5) is 0 Å². The molecule has 1 N–H and O–H groups in total. The molecule has 0 bridgehead atoms. The first-order valence-electron chi connectivity index (χ1n) is 31.0. The molecule has 0 amide bonds. The summed E-state index contributed by atoms with van der Waals surface area (Å²) in [7, 11) is 0. The first-order chi connectivity index (χ1) is 37.6. The Hall–Kier alpha value is -4.48. The van der Waals surface area contributed by atoms with Gasteiger partial charge in [-0.25, -0.2) is 0 Å². The first-order valence-corrected chi connectivity index (χ1v) is 31.0. The van der Waals surface area contributed by atoms with Crippen LogP contribution in [0.1, 0.15) is 258 Å². The summed E-state index contributed by atoms with van der Waals surface area (Å²) in [6.07, 6.45) is 99.6. The highest BCUT2D eigenvalue weighted by Gasteiger charge is 2.16. The van der Waals surface area contributed by atoms with Crippen LogP contribution >= 0.6 is 0 Å². The number of rotatable bonds is 55. The molecule has 1 unspecified atom stereocenters. The van der Waals surface area contributed by atoms with Crippen molar-refractivity contribution in [3.05, 3.63) is 158 Å². The number of ether oxygens (including phenoxy) is 2. The zero-order chi connectivity index (χ0) is 54.8. The molecular formula is C71H114O5. The fourth-order valence-electron chi connectivity index (χ4n) is 8.25. The van der Waals surface area contributed by atoms with Crippen molar-refractivity contribution >= 4 is 11.9 Å². The molecule has 0 rings (SSSR count). The average molecular weight is 1050 g/mol. The molecule has 5 nitrogen and oxygen atoms in total. The molecule has 0 aliphatic carbocycles. The summed E-state index contributed by atoms with van der Waals surface area (Å²) in [6, 6.07) is 0. The quantitative estimate of drug-likeness (QED) is 0.0373. The summed E-state index contributed by atoms with van der Waals surface area (Å²) in [5.41, 5.74) is 0. The topological polar surface area (TPSA) is 72.8 Å². The Bertz CT molecular complexity index is 1660. The van der Waals surface area contributed by atoms with Crippen molar-refractivity contribution in [2.24, 2.45) is 0 Å². The van der Waals surface area contributed by atoms with Gasteiger partial charge < -0.3 is 14.6 Å². The SMILES string of the molecule is CC/C=C\C/C=C\C/C=C\C/C=C\C/C=C\C/C=C\C/C=C\CCCC(=O)OC(CO)COC(=O)CCCCCCCCCCCCCCCCCCCCCC/C=C\C/C=C\C/C=C\C/C=C\C/C=C\C/C=C\CC. The van der Waals surface area contributed by atoms with Gasteiger partial charge in [-0.3, -0.25) is 9.59 Å². The van der Waals surface area contributed by atoms with E-state index in [1.165, 1.54) is 116 Å². The van der Waals surface area contributed by atoms with Crippen molar-refractivity contribution in [2.45, 2.75) is 264 Å². The van der Waals surface area contributed by atoms with Gasteiger partial charge in [-0.05, 0) is 116 Å². The highest BCUT2D eigenvalue weighted by atomic mass is 16.6. The average Bonchev–Trinajstić information content (AvgIpc) is 3.42.